The Morgan fingerprint density at radius 2 is 2.04 bits per heavy atom. The highest BCUT2D eigenvalue weighted by Crippen LogP contribution is 2.36. The highest BCUT2D eigenvalue weighted by molar-refractivity contribution is 7.99. The first-order valence-corrected chi connectivity index (χ1v) is 8.71. The highest BCUT2D eigenvalue weighted by atomic mass is 32.2. The lowest BCUT2D eigenvalue weighted by molar-refractivity contribution is -0.116. The second-order valence-corrected chi connectivity index (χ2v) is 6.76. The molecule has 24 heavy (non-hydrogen) atoms. The van der Waals surface area contributed by atoms with Crippen LogP contribution in [-0.2, 0) is 11.8 Å². The van der Waals surface area contributed by atoms with Gasteiger partial charge in [-0.2, -0.15) is 4.98 Å². The summed E-state index contributed by atoms with van der Waals surface area (Å²) in [5.41, 5.74) is 1.17. The summed E-state index contributed by atoms with van der Waals surface area (Å²) in [5, 5.41) is 3.44. The Bertz CT molecular complexity index is 830. The fourth-order valence-corrected chi connectivity index (χ4v) is 3.61. The second kappa shape index (κ2) is 6.68. The van der Waals surface area contributed by atoms with Crippen LogP contribution in [-0.4, -0.2) is 28.3 Å². The van der Waals surface area contributed by atoms with E-state index in [1.165, 1.54) is 11.8 Å². The second-order valence-electron chi connectivity index (χ2n) is 5.53. The number of carbonyl (C=O) groups is 1. The lowest BCUT2D eigenvalue weighted by Gasteiger charge is -2.27. The number of fused-ring (bicyclic) bond motifs is 1. The zero-order chi connectivity index (χ0) is 17.3. The summed E-state index contributed by atoms with van der Waals surface area (Å²) in [6, 6.07) is 7.45. The number of thioether (sulfide) groups is 1. The smallest absolute Gasteiger partial charge is 0.279 e. The summed E-state index contributed by atoms with van der Waals surface area (Å²) in [6.45, 7) is 2.00. The first-order chi connectivity index (χ1) is 11.5. The van der Waals surface area contributed by atoms with Crippen molar-refractivity contribution in [1.29, 1.82) is 0 Å². The molecule has 0 saturated heterocycles. The molecule has 1 aromatic carbocycles. The minimum atomic E-state index is -0.300. The number of hydrogen-bond acceptors (Lipinski definition) is 5. The van der Waals surface area contributed by atoms with Gasteiger partial charge in [0.1, 0.15) is 11.6 Å². The summed E-state index contributed by atoms with van der Waals surface area (Å²) in [4.78, 5) is 29.0. The number of anilines is 1. The molecule has 1 aliphatic heterocycles. The van der Waals surface area contributed by atoms with Crippen LogP contribution in [0.4, 0.5) is 5.82 Å². The molecule has 1 N–H and O–H groups in total. The molecule has 1 amide bonds. The van der Waals surface area contributed by atoms with Crippen molar-refractivity contribution in [3.05, 3.63) is 45.7 Å². The van der Waals surface area contributed by atoms with Crippen molar-refractivity contribution in [1.82, 2.24) is 9.55 Å². The lowest BCUT2D eigenvalue weighted by atomic mass is 9.87. The fraction of sp³-hybridized carbons (Fsp3) is 0.353. The summed E-state index contributed by atoms with van der Waals surface area (Å²) in [5.74, 6) is 1.68. The Balaban J connectivity index is 2.13. The maximum absolute atomic E-state index is 12.6. The quantitative estimate of drug-likeness (QED) is 0.680. The van der Waals surface area contributed by atoms with Crippen LogP contribution < -0.4 is 15.6 Å². The van der Waals surface area contributed by atoms with Crippen molar-refractivity contribution in [2.24, 2.45) is 7.05 Å². The number of aromatic nitrogens is 2. The van der Waals surface area contributed by atoms with E-state index in [4.69, 9.17) is 4.74 Å². The predicted octanol–water partition coefficient (Wildman–Crippen LogP) is 2.38. The highest BCUT2D eigenvalue weighted by Gasteiger charge is 2.32. The molecular formula is C17H19N3O3S. The van der Waals surface area contributed by atoms with E-state index in [1.54, 1.807) is 11.7 Å². The summed E-state index contributed by atoms with van der Waals surface area (Å²) < 4.78 is 6.96. The number of hydrogen-bond donors (Lipinski definition) is 1. The molecule has 0 unspecified atom stereocenters. The molecule has 7 heteroatoms. The third kappa shape index (κ3) is 2.91. The first kappa shape index (κ1) is 16.6. The number of nitrogens with one attached hydrogen (secondary N) is 1. The minimum Gasteiger partial charge on any atom is -0.497 e. The van der Waals surface area contributed by atoms with E-state index >= 15 is 0 Å². The number of amides is 1. The van der Waals surface area contributed by atoms with Gasteiger partial charge >= 0.3 is 0 Å². The van der Waals surface area contributed by atoms with Crippen LogP contribution in [0.1, 0.15) is 30.4 Å². The van der Waals surface area contributed by atoms with Crippen LogP contribution in [0, 0.1) is 0 Å². The van der Waals surface area contributed by atoms with Crippen molar-refractivity contribution < 1.29 is 9.53 Å². The minimum absolute atomic E-state index is 0.100. The van der Waals surface area contributed by atoms with Crippen molar-refractivity contribution in [3.8, 4) is 5.75 Å². The average molecular weight is 345 g/mol. The SMILES string of the molecule is CCSc1nc(=O)c2c(n1C)NC(=O)C[C@@H]2c1ccc(OC)cc1. The Morgan fingerprint density at radius 1 is 1.33 bits per heavy atom. The van der Waals surface area contributed by atoms with Gasteiger partial charge in [0.2, 0.25) is 5.91 Å². The third-order valence-corrected chi connectivity index (χ3v) is 5.00. The first-order valence-electron chi connectivity index (χ1n) is 7.72. The molecule has 0 aliphatic carbocycles. The maximum Gasteiger partial charge on any atom is 0.279 e. The standard InChI is InChI=1S/C17H19N3O3S/c1-4-24-17-19-16(22)14-12(9-13(21)18-15(14)20(17)2)10-5-7-11(23-3)8-6-10/h5-8,12H,4,9H2,1-3H3,(H,18,21)/t12-/m1/s1. The van der Waals surface area contributed by atoms with Crippen LogP contribution in [0.25, 0.3) is 0 Å². The van der Waals surface area contributed by atoms with Gasteiger partial charge in [-0.3, -0.25) is 9.59 Å². The van der Waals surface area contributed by atoms with E-state index in [0.717, 1.165) is 17.1 Å². The van der Waals surface area contributed by atoms with E-state index in [2.05, 4.69) is 10.3 Å². The fourth-order valence-electron chi connectivity index (χ4n) is 2.91. The predicted molar refractivity (Wildman–Crippen MR) is 94.0 cm³/mol. The molecule has 126 valence electrons. The summed E-state index contributed by atoms with van der Waals surface area (Å²) in [7, 11) is 3.42. The number of carbonyl (C=O) groups excluding carboxylic acids is 1. The van der Waals surface area contributed by atoms with Crippen molar-refractivity contribution in [2.45, 2.75) is 24.4 Å². The van der Waals surface area contributed by atoms with Gasteiger partial charge in [-0.05, 0) is 23.4 Å². The number of benzene rings is 1. The normalized spacial score (nSPS) is 16.5. The summed E-state index contributed by atoms with van der Waals surface area (Å²) >= 11 is 1.48. The van der Waals surface area contributed by atoms with Crippen LogP contribution in [0.3, 0.4) is 0 Å². The lowest BCUT2D eigenvalue weighted by Crippen LogP contribution is -2.33. The molecule has 0 radical (unpaired) electrons. The van der Waals surface area contributed by atoms with E-state index in [0.29, 0.717) is 16.5 Å². The molecule has 6 nitrogen and oxygen atoms in total. The van der Waals surface area contributed by atoms with E-state index in [1.807, 2.05) is 38.2 Å². The number of nitrogens with zero attached hydrogens (tertiary/aromatic N) is 2. The van der Waals surface area contributed by atoms with Gasteiger partial charge in [0.15, 0.2) is 5.16 Å². The van der Waals surface area contributed by atoms with Gasteiger partial charge in [0, 0.05) is 19.4 Å². The Labute approximate surface area is 144 Å². The van der Waals surface area contributed by atoms with E-state index < -0.39 is 0 Å². The molecule has 2 heterocycles. The molecule has 0 spiro atoms. The molecule has 1 aliphatic rings. The number of rotatable bonds is 4. The zero-order valence-corrected chi connectivity index (χ0v) is 14.6. The van der Waals surface area contributed by atoms with E-state index in [9.17, 15) is 9.59 Å². The Kier molecular flexibility index (Phi) is 4.62. The van der Waals surface area contributed by atoms with Crippen LogP contribution >= 0.6 is 11.8 Å². The topological polar surface area (TPSA) is 73.2 Å². The number of methoxy groups -OCH3 is 1. The summed E-state index contributed by atoms with van der Waals surface area (Å²) in [6.07, 6.45) is 0.233. The maximum atomic E-state index is 12.6. The monoisotopic (exact) mass is 345 g/mol. The molecule has 2 aromatic rings. The van der Waals surface area contributed by atoms with Gasteiger partial charge in [-0.15, -0.1) is 0 Å². The van der Waals surface area contributed by atoms with Gasteiger partial charge < -0.3 is 14.6 Å². The molecule has 3 rings (SSSR count). The Morgan fingerprint density at radius 3 is 2.67 bits per heavy atom. The van der Waals surface area contributed by atoms with Gasteiger partial charge in [0.05, 0.1) is 12.7 Å². The van der Waals surface area contributed by atoms with Crippen molar-refractivity contribution in [2.75, 3.05) is 18.2 Å². The van der Waals surface area contributed by atoms with Crippen LogP contribution in [0.5, 0.6) is 5.75 Å². The molecule has 1 aromatic heterocycles. The molecular weight excluding hydrogens is 326 g/mol. The van der Waals surface area contributed by atoms with Gasteiger partial charge in [-0.25, -0.2) is 0 Å². The largest absolute Gasteiger partial charge is 0.497 e. The molecule has 0 fully saturated rings. The Hall–Kier alpha value is -2.28. The molecule has 1 atom stereocenters. The van der Waals surface area contributed by atoms with Gasteiger partial charge in [0.25, 0.3) is 5.56 Å². The van der Waals surface area contributed by atoms with Crippen molar-refractivity contribution >= 4 is 23.5 Å². The van der Waals surface area contributed by atoms with Gasteiger partial charge in [-0.1, -0.05) is 30.8 Å². The zero-order valence-electron chi connectivity index (χ0n) is 13.8. The molecule has 0 saturated carbocycles. The third-order valence-electron chi connectivity index (χ3n) is 4.09. The van der Waals surface area contributed by atoms with Crippen LogP contribution in [0.15, 0.2) is 34.2 Å². The number of ether oxygens (including phenoxy) is 1. The molecule has 0 bridgehead atoms. The van der Waals surface area contributed by atoms with Crippen molar-refractivity contribution in [3.63, 3.8) is 0 Å². The van der Waals surface area contributed by atoms with E-state index in [-0.39, 0.29) is 23.8 Å². The van der Waals surface area contributed by atoms with Crippen LogP contribution in [0.2, 0.25) is 0 Å². The average Bonchev–Trinajstić information content (AvgIpc) is 2.59.